The minimum Gasteiger partial charge on any atom is -0.459 e. The third-order valence-corrected chi connectivity index (χ3v) is 6.99. The van der Waals surface area contributed by atoms with Crippen LogP contribution in [0.1, 0.15) is 29.0 Å². The molecular formula is C19H21N3O5S. The molecule has 1 saturated heterocycles. The first kappa shape index (κ1) is 18.7. The third-order valence-electron chi connectivity index (χ3n) is 5.10. The molecule has 3 heterocycles. The van der Waals surface area contributed by atoms with Gasteiger partial charge in [0.25, 0.3) is 5.91 Å². The third kappa shape index (κ3) is 3.55. The highest BCUT2D eigenvalue weighted by Gasteiger charge is 2.31. The number of aryl methyl sites for hydroxylation is 1. The van der Waals surface area contributed by atoms with Crippen molar-refractivity contribution in [3.05, 3.63) is 47.9 Å². The second-order valence-corrected chi connectivity index (χ2v) is 8.83. The Hall–Kier alpha value is -2.65. The number of rotatable bonds is 3. The topological polar surface area (TPSA) is 99.9 Å². The van der Waals surface area contributed by atoms with Crippen molar-refractivity contribution in [2.45, 2.75) is 24.2 Å². The zero-order chi connectivity index (χ0) is 19.7. The molecule has 148 valence electrons. The van der Waals surface area contributed by atoms with Crippen LogP contribution in [0.2, 0.25) is 0 Å². The fourth-order valence-corrected chi connectivity index (χ4v) is 5.02. The predicted octanol–water partition coefficient (Wildman–Crippen LogP) is 1.70. The monoisotopic (exact) mass is 403 g/mol. The number of nitrogens with one attached hydrogen (secondary N) is 1. The Morgan fingerprint density at radius 1 is 1.07 bits per heavy atom. The maximum Gasteiger partial charge on any atom is 0.289 e. The van der Waals surface area contributed by atoms with Crippen molar-refractivity contribution in [3.8, 4) is 0 Å². The van der Waals surface area contributed by atoms with Gasteiger partial charge in [-0.1, -0.05) is 0 Å². The summed E-state index contributed by atoms with van der Waals surface area (Å²) < 4.78 is 32.6. The summed E-state index contributed by atoms with van der Waals surface area (Å²) in [5.74, 6) is -0.0290. The highest BCUT2D eigenvalue weighted by atomic mass is 32.2. The number of carbonyl (C=O) groups excluding carboxylic acids is 2. The van der Waals surface area contributed by atoms with E-state index in [4.69, 9.17) is 4.42 Å². The van der Waals surface area contributed by atoms with E-state index in [0.717, 1.165) is 5.56 Å². The van der Waals surface area contributed by atoms with Crippen LogP contribution in [0, 0.1) is 0 Å². The van der Waals surface area contributed by atoms with Crippen molar-refractivity contribution in [1.82, 2.24) is 9.21 Å². The molecule has 1 N–H and O–H groups in total. The molecule has 9 heteroatoms. The van der Waals surface area contributed by atoms with E-state index in [2.05, 4.69) is 5.32 Å². The molecule has 2 aromatic rings. The van der Waals surface area contributed by atoms with Gasteiger partial charge < -0.3 is 14.6 Å². The van der Waals surface area contributed by atoms with Crippen molar-refractivity contribution in [2.24, 2.45) is 0 Å². The fraction of sp³-hybridized carbons (Fsp3) is 0.368. The Morgan fingerprint density at radius 3 is 2.57 bits per heavy atom. The Balaban J connectivity index is 1.48. The van der Waals surface area contributed by atoms with Gasteiger partial charge in [-0.2, -0.15) is 4.31 Å². The second kappa shape index (κ2) is 7.40. The molecule has 2 amide bonds. The SMILES string of the molecule is O=C1CCCc2cc(S(=O)(=O)N3CCN(C(=O)c4ccco4)CC3)ccc2N1. The van der Waals surface area contributed by atoms with E-state index < -0.39 is 10.0 Å². The molecule has 28 heavy (non-hydrogen) atoms. The van der Waals surface area contributed by atoms with Crippen molar-refractivity contribution in [2.75, 3.05) is 31.5 Å². The number of carbonyl (C=O) groups is 2. The highest BCUT2D eigenvalue weighted by Crippen LogP contribution is 2.27. The quantitative estimate of drug-likeness (QED) is 0.841. The smallest absolute Gasteiger partial charge is 0.289 e. The summed E-state index contributed by atoms with van der Waals surface area (Å²) in [6.07, 6.45) is 3.22. The molecule has 0 aliphatic carbocycles. The molecule has 8 nitrogen and oxygen atoms in total. The molecule has 0 radical (unpaired) electrons. The number of nitrogens with zero attached hydrogens (tertiary/aromatic N) is 2. The molecular weight excluding hydrogens is 382 g/mol. The molecule has 1 aromatic carbocycles. The molecule has 1 fully saturated rings. The van der Waals surface area contributed by atoms with Crippen molar-refractivity contribution >= 4 is 27.5 Å². The van der Waals surface area contributed by atoms with Crippen LogP contribution in [0.3, 0.4) is 0 Å². The molecule has 2 aliphatic heterocycles. The van der Waals surface area contributed by atoms with Gasteiger partial charge in [-0.3, -0.25) is 9.59 Å². The number of amides is 2. The molecule has 0 unspecified atom stereocenters. The summed E-state index contributed by atoms with van der Waals surface area (Å²) in [6.45, 7) is 1.06. The number of hydrogen-bond acceptors (Lipinski definition) is 5. The van der Waals surface area contributed by atoms with Gasteiger partial charge in [0, 0.05) is 38.3 Å². The summed E-state index contributed by atoms with van der Waals surface area (Å²) >= 11 is 0. The Bertz CT molecular complexity index is 993. The second-order valence-electron chi connectivity index (χ2n) is 6.89. The van der Waals surface area contributed by atoms with Crippen LogP contribution in [-0.4, -0.2) is 55.6 Å². The average molecular weight is 403 g/mol. The fourth-order valence-electron chi connectivity index (χ4n) is 3.55. The highest BCUT2D eigenvalue weighted by molar-refractivity contribution is 7.89. The zero-order valence-electron chi connectivity index (χ0n) is 15.3. The van der Waals surface area contributed by atoms with Crippen molar-refractivity contribution in [3.63, 3.8) is 0 Å². The van der Waals surface area contributed by atoms with E-state index in [1.165, 1.54) is 16.6 Å². The van der Waals surface area contributed by atoms with E-state index in [1.54, 1.807) is 29.2 Å². The maximum absolute atomic E-state index is 13.0. The summed E-state index contributed by atoms with van der Waals surface area (Å²) in [5.41, 5.74) is 1.51. The molecule has 1 aromatic heterocycles. The van der Waals surface area contributed by atoms with Crippen LogP contribution < -0.4 is 5.32 Å². The first-order chi connectivity index (χ1) is 13.4. The number of anilines is 1. The lowest BCUT2D eigenvalue weighted by Gasteiger charge is -2.33. The van der Waals surface area contributed by atoms with E-state index >= 15 is 0 Å². The van der Waals surface area contributed by atoms with Gasteiger partial charge in [0.05, 0.1) is 11.2 Å². The van der Waals surface area contributed by atoms with Crippen molar-refractivity contribution in [1.29, 1.82) is 0 Å². The standard InChI is InChI=1S/C19H21N3O5S/c23-18-5-1-3-14-13-15(6-7-16(14)20-18)28(25,26)22-10-8-21(9-11-22)19(24)17-4-2-12-27-17/h2,4,6-7,12-13H,1,3,5,8-11H2,(H,20,23). The number of fused-ring (bicyclic) bond motifs is 1. The zero-order valence-corrected chi connectivity index (χ0v) is 16.1. The van der Waals surface area contributed by atoms with Crippen molar-refractivity contribution < 1.29 is 22.4 Å². The Kier molecular flexibility index (Phi) is 4.94. The summed E-state index contributed by atoms with van der Waals surface area (Å²) in [6, 6.07) is 8.08. The van der Waals surface area contributed by atoms with Gasteiger partial charge in [-0.25, -0.2) is 8.42 Å². The van der Waals surface area contributed by atoms with Gasteiger partial charge in [-0.15, -0.1) is 0 Å². The lowest BCUT2D eigenvalue weighted by atomic mass is 10.1. The van der Waals surface area contributed by atoms with Crippen LogP contribution in [0.15, 0.2) is 45.9 Å². The lowest BCUT2D eigenvalue weighted by Crippen LogP contribution is -2.50. The van der Waals surface area contributed by atoms with Gasteiger partial charge in [0.1, 0.15) is 0 Å². The summed E-state index contributed by atoms with van der Waals surface area (Å²) in [7, 11) is -3.66. The molecule has 0 saturated carbocycles. The van der Waals surface area contributed by atoms with Crippen LogP contribution in [0.25, 0.3) is 0 Å². The Morgan fingerprint density at radius 2 is 1.86 bits per heavy atom. The van der Waals surface area contributed by atoms with Gasteiger partial charge >= 0.3 is 0 Å². The number of piperazine rings is 1. The number of sulfonamides is 1. The summed E-state index contributed by atoms with van der Waals surface area (Å²) in [4.78, 5) is 25.8. The first-order valence-electron chi connectivity index (χ1n) is 9.21. The number of benzene rings is 1. The lowest BCUT2D eigenvalue weighted by molar-refractivity contribution is -0.116. The van der Waals surface area contributed by atoms with Gasteiger partial charge in [0.2, 0.25) is 15.9 Å². The minimum absolute atomic E-state index is 0.0493. The maximum atomic E-state index is 13.0. The van der Waals surface area contributed by atoms with E-state index in [1.807, 2.05) is 0 Å². The normalized spacial score (nSPS) is 18.3. The minimum atomic E-state index is -3.66. The van der Waals surface area contributed by atoms with E-state index in [-0.39, 0.29) is 35.6 Å². The van der Waals surface area contributed by atoms with E-state index in [0.29, 0.717) is 38.0 Å². The first-order valence-corrected chi connectivity index (χ1v) is 10.6. The van der Waals surface area contributed by atoms with Crippen LogP contribution in [0.4, 0.5) is 5.69 Å². The van der Waals surface area contributed by atoms with Crippen LogP contribution in [-0.2, 0) is 21.2 Å². The molecule has 2 aliphatic rings. The molecule has 0 bridgehead atoms. The molecule has 0 spiro atoms. The van der Waals surface area contributed by atoms with Crippen LogP contribution >= 0.6 is 0 Å². The predicted molar refractivity (Wildman–Crippen MR) is 101 cm³/mol. The Labute approximate surface area is 163 Å². The van der Waals surface area contributed by atoms with Gasteiger partial charge in [-0.05, 0) is 48.7 Å². The number of furan rings is 1. The largest absolute Gasteiger partial charge is 0.459 e. The average Bonchev–Trinajstić information content (AvgIpc) is 3.16. The van der Waals surface area contributed by atoms with Gasteiger partial charge in [0.15, 0.2) is 5.76 Å². The number of hydrogen-bond donors (Lipinski definition) is 1. The molecule has 0 atom stereocenters. The summed E-state index contributed by atoms with van der Waals surface area (Å²) in [5, 5.41) is 2.81. The van der Waals surface area contributed by atoms with E-state index in [9.17, 15) is 18.0 Å². The van der Waals surface area contributed by atoms with Crippen LogP contribution in [0.5, 0.6) is 0 Å². The molecule has 4 rings (SSSR count).